The van der Waals surface area contributed by atoms with Gasteiger partial charge in [-0.3, -0.25) is 4.99 Å². The van der Waals surface area contributed by atoms with Crippen LogP contribution in [0, 0.1) is 11.3 Å². The lowest BCUT2D eigenvalue weighted by Gasteiger charge is -2.11. The number of guanidine groups is 1. The number of nitrogens with zero attached hydrogens (tertiary/aromatic N) is 4. The van der Waals surface area contributed by atoms with Crippen molar-refractivity contribution >= 4 is 11.8 Å². The molecule has 0 amide bonds. The van der Waals surface area contributed by atoms with Crippen LogP contribution in [0.2, 0.25) is 0 Å². The topological polar surface area (TPSA) is 104 Å². The van der Waals surface area contributed by atoms with E-state index in [0.717, 1.165) is 18.1 Å². The van der Waals surface area contributed by atoms with Crippen LogP contribution in [0.3, 0.4) is 0 Å². The molecular weight excluding hydrogens is 362 g/mol. The summed E-state index contributed by atoms with van der Waals surface area (Å²) in [5.74, 6) is 1.12. The molecule has 3 aromatic rings. The van der Waals surface area contributed by atoms with Crippen LogP contribution >= 0.6 is 0 Å². The molecule has 0 saturated heterocycles. The first-order chi connectivity index (χ1) is 14.2. The predicted octanol–water partition coefficient (Wildman–Crippen LogP) is 2.62. The third kappa shape index (κ3) is 5.14. The average molecular weight is 387 g/mol. The van der Waals surface area contributed by atoms with Gasteiger partial charge in [0.25, 0.3) is 0 Å². The lowest BCUT2D eigenvalue weighted by atomic mass is 10.1. The van der Waals surface area contributed by atoms with Crippen molar-refractivity contribution in [1.82, 2.24) is 20.4 Å². The third-order valence-corrected chi connectivity index (χ3v) is 4.52. The smallest absolute Gasteiger partial charge is 0.191 e. The molecule has 7 heteroatoms. The second kappa shape index (κ2) is 9.95. The molecular formula is C22H25N7. The molecule has 0 unspecified atom stereocenters. The van der Waals surface area contributed by atoms with Crippen molar-refractivity contribution < 1.29 is 0 Å². The third-order valence-electron chi connectivity index (χ3n) is 4.52. The van der Waals surface area contributed by atoms with Crippen molar-refractivity contribution in [2.24, 2.45) is 4.99 Å². The first kappa shape index (κ1) is 20.0. The quantitative estimate of drug-likeness (QED) is 0.328. The first-order valence-corrected chi connectivity index (χ1v) is 9.54. The van der Waals surface area contributed by atoms with E-state index in [0.29, 0.717) is 36.6 Å². The van der Waals surface area contributed by atoms with Gasteiger partial charge in [0.1, 0.15) is 17.5 Å². The number of hydrogen-bond acceptors (Lipinski definition) is 4. The summed E-state index contributed by atoms with van der Waals surface area (Å²) in [6.07, 6.45) is 1.45. The highest BCUT2D eigenvalue weighted by atomic mass is 15.3. The van der Waals surface area contributed by atoms with Gasteiger partial charge in [0.05, 0.1) is 11.4 Å². The van der Waals surface area contributed by atoms with Gasteiger partial charge in [0.2, 0.25) is 0 Å². The molecule has 0 radical (unpaired) electrons. The minimum Gasteiger partial charge on any atom is -0.382 e. The van der Waals surface area contributed by atoms with Crippen LogP contribution in [0.25, 0.3) is 5.69 Å². The number of nitrogens with one attached hydrogen (secondary N) is 2. The molecule has 0 atom stereocenters. The van der Waals surface area contributed by atoms with Gasteiger partial charge in [-0.05, 0) is 30.5 Å². The molecule has 0 aliphatic carbocycles. The summed E-state index contributed by atoms with van der Waals surface area (Å²) in [6, 6.07) is 21.9. The van der Waals surface area contributed by atoms with Gasteiger partial charge in [-0.1, -0.05) is 48.5 Å². The van der Waals surface area contributed by atoms with Crippen LogP contribution < -0.4 is 16.4 Å². The molecule has 0 aliphatic heterocycles. The maximum atomic E-state index is 9.49. The Morgan fingerprint density at radius 3 is 2.45 bits per heavy atom. The Morgan fingerprint density at radius 2 is 1.79 bits per heavy atom. The summed E-state index contributed by atoms with van der Waals surface area (Å²) in [4.78, 5) is 4.24. The SMILES string of the molecule is CN=C(NCCCc1nn(-c2ccccc2)c(N)c1C#N)NCc1ccccc1. The number of hydrogen-bond donors (Lipinski definition) is 3. The van der Waals surface area contributed by atoms with E-state index in [4.69, 9.17) is 5.73 Å². The van der Waals surface area contributed by atoms with E-state index in [9.17, 15) is 5.26 Å². The minimum absolute atomic E-state index is 0.377. The zero-order chi connectivity index (χ0) is 20.5. The molecule has 3 rings (SSSR count). The van der Waals surface area contributed by atoms with Crippen molar-refractivity contribution in [3.05, 3.63) is 77.5 Å². The Morgan fingerprint density at radius 1 is 1.10 bits per heavy atom. The highest BCUT2D eigenvalue weighted by Crippen LogP contribution is 2.21. The monoisotopic (exact) mass is 387 g/mol. The van der Waals surface area contributed by atoms with Crippen molar-refractivity contribution in [3.8, 4) is 11.8 Å². The number of aryl methyl sites for hydroxylation is 1. The molecule has 0 aliphatic rings. The standard InChI is InChI=1S/C22H25N7/c1-25-22(27-16-17-9-4-2-5-10-17)26-14-8-13-20-19(15-23)21(24)29(28-20)18-11-6-3-7-12-18/h2-7,9-12H,8,13-14,16,24H2,1H3,(H2,25,26,27). The summed E-state index contributed by atoms with van der Waals surface area (Å²) >= 11 is 0. The maximum absolute atomic E-state index is 9.49. The normalized spacial score (nSPS) is 11.1. The largest absolute Gasteiger partial charge is 0.382 e. The lowest BCUT2D eigenvalue weighted by molar-refractivity contribution is 0.722. The van der Waals surface area contributed by atoms with Crippen LogP contribution in [-0.2, 0) is 13.0 Å². The van der Waals surface area contributed by atoms with Gasteiger partial charge in [-0.15, -0.1) is 0 Å². The number of benzene rings is 2. The van der Waals surface area contributed by atoms with Crippen LogP contribution in [0.4, 0.5) is 5.82 Å². The lowest BCUT2D eigenvalue weighted by Crippen LogP contribution is -2.37. The van der Waals surface area contributed by atoms with E-state index < -0.39 is 0 Å². The summed E-state index contributed by atoms with van der Waals surface area (Å²) in [5, 5.41) is 20.6. The summed E-state index contributed by atoms with van der Waals surface area (Å²) in [6.45, 7) is 1.41. The number of nitrogen functional groups attached to an aromatic ring is 1. The number of aromatic nitrogens is 2. The molecule has 4 N–H and O–H groups in total. The number of nitrogens with two attached hydrogens (primary N) is 1. The van der Waals surface area contributed by atoms with E-state index in [1.54, 1.807) is 11.7 Å². The second-order valence-corrected chi connectivity index (χ2v) is 6.51. The summed E-state index contributed by atoms with van der Waals surface area (Å²) < 4.78 is 1.63. The van der Waals surface area contributed by atoms with Gasteiger partial charge in [0, 0.05) is 20.1 Å². The molecule has 0 bridgehead atoms. The zero-order valence-corrected chi connectivity index (χ0v) is 16.5. The highest BCUT2D eigenvalue weighted by molar-refractivity contribution is 5.79. The second-order valence-electron chi connectivity index (χ2n) is 6.51. The van der Waals surface area contributed by atoms with Crippen LogP contribution in [0.1, 0.15) is 23.2 Å². The molecule has 0 saturated carbocycles. The average Bonchev–Trinajstić information content (AvgIpc) is 3.09. The first-order valence-electron chi connectivity index (χ1n) is 9.54. The Balaban J connectivity index is 1.54. The number of rotatable bonds is 7. The molecule has 0 fully saturated rings. The summed E-state index contributed by atoms with van der Waals surface area (Å²) in [7, 11) is 1.75. The summed E-state index contributed by atoms with van der Waals surface area (Å²) in [5.41, 5.74) is 9.34. The van der Waals surface area contributed by atoms with Crippen molar-refractivity contribution in [3.63, 3.8) is 0 Å². The fraction of sp³-hybridized carbons (Fsp3) is 0.227. The highest BCUT2D eigenvalue weighted by Gasteiger charge is 2.16. The Labute approximate surface area is 170 Å². The van der Waals surface area contributed by atoms with Crippen molar-refractivity contribution in [2.45, 2.75) is 19.4 Å². The van der Waals surface area contributed by atoms with E-state index in [1.165, 1.54) is 5.56 Å². The molecule has 2 aromatic carbocycles. The van der Waals surface area contributed by atoms with E-state index in [-0.39, 0.29) is 0 Å². The van der Waals surface area contributed by atoms with E-state index in [2.05, 4.69) is 38.9 Å². The number of nitriles is 1. The molecule has 1 heterocycles. The van der Waals surface area contributed by atoms with E-state index >= 15 is 0 Å². The van der Waals surface area contributed by atoms with Gasteiger partial charge in [-0.2, -0.15) is 10.4 Å². The van der Waals surface area contributed by atoms with Crippen LogP contribution in [0.15, 0.2) is 65.7 Å². The number of anilines is 1. The fourth-order valence-electron chi connectivity index (χ4n) is 3.01. The van der Waals surface area contributed by atoms with Crippen molar-refractivity contribution in [2.75, 3.05) is 19.3 Å². The molecule has 7 nitrogen and oxygen atoms in total. The number of aliphatic imine (C=N–C) groups is 1. The van der Waals surface area contributed by atoms with Gasteiger partial charge >= 0.3 is 0 Å². The van der Waals surface area contributed by atoms with E-state index in [1.807, 2.05) is 48.5 Å². The van der Waals surface area contributed by atoms with Crippen LogP contribution in [-0.4, -0.2) is 29.3 Å². The maximum Gasteiger partial charge on any atom is 0.191 e. The minimum atomic E-state index is 0.377. The molecule has 0 spiro atoms. The number of para-hydroxylation sites is 1. The van der Waals surface area contributed by atoms with Crippen LogP contribution in [0.5, 0.6) is 0 Å². The zero-order valence-electron chi connectivity index (χ0n) is 16.5. The fourth-order valence-corrected chi connectivity index (χ4v) is 3.01. The Hall–Kier alpha value is -3.79. The van der Waals surface area contributed by atoms with Gasteiger partial charge in [-0.25, -0.2) is 4.68 Å². The molecule has 1 aromatic heterocycles. The molecule has 148 valence electrons. The van der Waals surface area contributed by atoms with Gasteiger partial charge in [0.15, 0.2) is 5.96 Å². The van der Waals surface area contributed by atoms with Gasteiger partial charge < -0.3 is 16.4 Å². The predicted molar refractivity (Wildman–Crippen MR) is 116 cm³/mol. The Kier molecular flexibility index (Phi) is 6.85. The molecule has 29 heavy (non-hydrogen) atoms. The Bertz CT molecular complexity index is 985. The van der Waals surface area contributed by atoms with Crippen molar-refractivity contribution in [1.29, 1.82) is 5.26 Å².